The number of piperazine rings is 1. The SMILES string of the molecule is Cc1cccc(N2CCN(C(=O)[C@H]3CCCN(S(=O)(=O)c4cccs4)C3)C[C@@H]2C)c1. The number of rotatable bonds is 4. The summed E-state index contributed by atoms with van der Waals surface area (Å²) in [5.41, 5.74) is 2.42. The first-order chi connectivity index (χ1) is 14.4. The van der Waals surface area contributed by atoms with Gasteiger partial charge in [-0.2, -0.15) is 4.31 Å². The third-order valence-corrected chi connectivity index (χ3v) is 9.33. The minimum Gasteiger partial charge on any atom is -0.365 e. The first kappa shape index (κ1) is 21.3. The summed E-state index contributed by atoms with van der Waals surface area (Å²) in [5, 5.41) is 1.77. The predicted molar refractivity (Wildman–Crippen MR) is 120 cm³/mol. The van der Waals surface area contributed by atoms with Gasteiger partial charge < -0.3 is 9.80 Å². The van der Waals surface area contributed by atoms with Crippen LogP contribution in [0, 0.1) is 12.8 Å². The van der Waals surface area contributed by atoms with Crippen LogP contribution < -0.4 is 4.90 Å². The van der Waals surface area contributed by atoms with E-state index in [9.17, 15) is 13.2 Å². The van der Waals surface area contributed by atoms with Crippen molar-refractivity contribution in [3.05, 3.63) is 47.3 Å². The van der Waals surface area contributed by atoms with E-state index >= 15 is 0 Å². The van der Waals surface area contributed by atoms with E-state index in [-0.39, 0.29) is 24.4 Å². The third kappa shape index (κ3) is 4.26. The van der Waals surface area contributed by atoms with Crippen LogP contribution in [0.5, 0.6) is 0 Å². The topological polar surface area (TPSA) is 60.9 Å². The quantitative estimate of drug-likeness (QED) is 0.722. The fourth-order valence-electron chi connectivity index (χ4n) is 4.51. The summed E-state index contributed by atoms with van der Waals surface area (Å²) in [6, 6.07) is 12.1. The van der Waals surface area contributed by atoms with Crippen molar-refractivity contribution in [2.24, 2.45) is 5.92 Å². The Morgan fingerprint density at radius 1 is 1.10 bits per heavy atom. The maximum absolute atomic E-state index is 13.2. The molecule has 4 rings (SSSR count). The first-order valence-electron chi connectivity index (χ1n) is 10.5. The number of carbonyl (C=O) groups is 1. The van der Waals surface area contributed by atoms with Crippen molar-refractivity contribution in [2.75, 3.05) is 37.6 Å². The van der Waals surface area contributed by atoms with Crippen LogP contribution in [-0.2, 0) is 14.8 Å². The molecule has 0 radical (unpaired) electrons. The molecule has 2 aromatic rings. The van der Waals surface area contributed by atoms with E-state index in [1.54, 1.807) is 17.5 Å². The van der Waals surface area contributed by atoms with Gasteiger partial charge in [-0.3, -0.25) is 4.79 Å². The molecule has 0 unspecified atom stereocenters. The minimum atomic E-state index is -3.50. The van der Waals surface area contributed by atoms with E-state index in [2.05, 4.69) is 43.0 Å². The highest BCUT2D eigenvalue weighted by Gasteiger charge is 2.37. The van der Waals surface area contributed by atoms with Gasteiger partial charge in [-0.1, -0.05) is 18.2 Å². The molecule has 6 nitrogen and oxygen atoms in total. The number of nitrogens with zero attached hydrogens (tertiary/aromatic N) is 3. The molecule has 0 bridgehead atoms. The van der Waals surface area contributed by atoms with Gasteiger partial charge in [-0.05, 0) is 55.8 Å². The summed E-state index contributed by atoms with van der Waals surface area (Å²) in [6.45, 7) is 7.14. The fraction of sp³-hybridized carbons (Fsp3) is 0.500. The molecule has 2 aliphatic rings. The second-order valence-electron chi connectivity index (χ2n) is 8.30. The lowest BCUT2D eigenvalue weighted by molar-refractivity contribution is -0.137. The van der Waals surface area contributed by atoms with Crippen molar-refractivity contribution in [1.82, 2.24) is 9.21 Å². The molecule has 0 N–H and O–H groups in total. The summed E-state index contributed by atoms with van der Waals surface area (Å²) in [6.07, 6.45) is 1.47. The summed E-state index contributed by atoms with van der Waals surface area (Å²) < 4.78 is 27.6. The van der Waals surface area contributed by atoms with Crippen molar-refractivity contribution in [1.29, 1.82) is 0 Å². The molecule has 0 saturated carbocycles. The number of thiophene rings is 1. The Bertz CT molecular complexity index is 991. The average molecular weight is 448 g/mol. The number of amides is 1. The zero-order valence-electron chi connectivity index (χ0n) is 17.5. The Morgan fingerprint density at radius 3 is 2.63 bits per heavy atom. The summed E-state index contributed by atoms with van der Waals surface area (Å²) >= 11 is 1.23. The van der Waals surface area contributed by atoms with Crippen molar-refractivity contribution >= 4 is 33.0 Å². The van der Waals surface area contributed by atoms with Crippen molar-refractivity contribution in [3.63, 3.8) is 0 Å². The summed E-state index contributed by atoms with van der Waals surface area (Å²) in [4.78, 5) is 17.5. The van der Waals surface area contributed by atoms with Crippen LogP contribution >= 0.6 is 11.3 Å². The minimum absolute atomic E-state index is 0.0943. The first-order valence-corrected chi connectivity index (χ1v) is 12.8. The Balaban J connectivity index is 1.41. The number of piperidine rings is 1. The highest BCUT2D eigenvalue weighted by molar-refractivity contribution is 7.91. The third-order valence-electron chi connectivity index (χ3n) is 6.10. The number of carbonyl (C=O) groups excluding carboxylic acids is 1. The lowest BCUT2D eigenvalue weighted by Gasteiger charge is -2.43. The second kappa shape index (κ2) is 8.69. The van der Waals surface area contributed by atoms with Gasteiger partial charge in [-0.25, -0.2) is 8.42 Å². The van der Waals surface area contributed by atoms with Crippen LogP contribution in [0.15, 0.2) is 46.0 Å². The zero-order valence-corrected chi connectivity index (χ0v) is 19.2. The van der Waals surface area contributed by atoms with E-state index in [4.69, 9.17) is 0 Å². The smallest absolute Gasteiger partial charge is 0.252 e. The van der Waals surface area contributed by atoms with Crippen LogP contribution in [0.3, 0.4) is 0 Å². The molecule has 3 heterocycles. The van der Waals surface area contributed by atoms with Crippen LogP contribution in [-0.4, -0.2) is 62.3 Å². The van der Waals surface area contributed by atoms with Gasteiger partial charge in [0.2, 0.25) is 5.91 Å². The largest absolute Gasteiger partial charge is 0.365 e. The van der Waals surface area contributed by atoms with Gasteiger partial charge in [-0.15, -0.1) is 11.3 Å². The van der Waals surface area contributed by atoms with Crippen molar-refractivity contribution < 1.29 is 13.2 Å². The van der Waals surface area contributed by atoms with E-state index < -0.39 is 10.0 Å². The average Bonchev–Trinajstić information content (AvgIpc) is 3.29. The van der Waals surface area contributed by atoms with E-state index in [1.807, 2.05) is 4.90 Å². The van der Waals surface area contributed by atoms with Crippen LogP contribution in [0.25, 0.3) is 0 Å². The molecule has 0 spiro atoms. The summed E-state index contributed by atoms with van der Waals surface area (Å²) in [7, 11) is -3.50. The van der Waals surface area contributed by atoms with Crippen LogP contribution in [0.1, 0.15) is 25.3 Å². The molecule has 1 aromatic carbocycles. The van der Waals surface area contributed by atoms with Gasteiger partial charge in [0.25, 0.3) is 10.0 Å². The van der Waals surface area contributed by atoms with Gasteiger partial charge >= 0.3 is 0 Å². The van der Waals surface area contributed by atoms with Gasteiger partial charge in [0, 0.05) is 44.5 Å². The lowest BCUT2D eigenvalue weighted by atomic mass is 9.97. The molecular weight excluding hydrogens is 418 g/mol. The Kier molecular flexibility index (Phi) is 6.18. The molecule has 2 saturated heterocycles. The number of hydrogen-bond donors (Lipinski definition) is 0. The molecule has 0 aliphatic carbocycles. The number of anilines is 1. The summed E-state index contributed by atoms with van der Waals surface area (Å²) in [5.74, 6) is -0.164. The van der Waals surface area contributed by atoms with E-state index in [0.717, 1.165) is 19.4 Å². The Hall–Kier alpha value is -1.90. The van der Waals surface area contributed by atoms with Crippen LogP contribution in [0.4, 0.5) is 5.69 Å². The number of aryl methyl sites for hydroxylation is 1. The number of benzene rings is 1. The highest BCUT2D eigenvalue weighted by atomic mass is 32.2. The molecule has 30 heavy (non-hydrogen) atoms. The molecule has 8 heteroatoms. The zero-order chi connectivity index (χ0) is 21.3. The van der Waals surface area contributed by atoms with Crippen LogP contribution in [0.2, 0.25) is 0 Å². The monoisotopic (exact) mass is 447 g/mol. The van der Waals surface area contributed by atoms with Gasteiger partial charge in [0.05, 0.1) is 5.92 Å². The number of sulfonamides is 1. The van der Waals surface area contributed by atoms with Gasteiger partial charge in [0.15, 0.2) is 0 Å². The van der Waals surface area contributed by atoms with Crippen molar-refractivity contribution in [3.8, 4) is 0 Å². The highest BCUT2D eigenvalue weighted by Crippen LogP contribution is 2.28. The molecule has 1 aromatic heterocycles. The normalized spacial score (nSPS) is 23.5. The molecule has 2 atom stereocenters. The lowest BCUT2D eigenvalue weighted by Crippen LogP contribution is -2.56. The molecule has 2 fully saturated rings. The molecule has 1 amide bonds. The van der Waals surface area contributed by atoms with Gasteiger partial charge in [0.1, 0.15) is 4.21 Å². The Labute approximate surface area is 183 Å². The maximum Gasteiger partial charge on any atom is 0.252 e. The second-order valence-corrected chi connectivity index (χ2v) is 11.4. The standard InChI is InChI=1S/C22H29N3O3S2/c1-17-6-3-8-20(14-17)25-12-11-23(15-18(25)2)22(26)19-7-4-10-24(16-19)30(27,28)21-9-5-13-29-21/h3,5-6,8-9,13-14,18-19H,4,7,10-12,15-16H2,1-2H3/t18-,19-/m0/s1. The fourth-order valence-corrected chi connectivity index (χ4v) is 7.17. The van der Waals surface area contributed by atoms with Crippen molar-refractivity contribution in [2.45, 2.75) is 36.9 Å². The van der Waals surface area contributed by atoms with E-state index in [0.29, 0.717) is 23.8 Å². The molecular formula is C22H29N3O3S2. The predicted octanol–water partition coefficient (Wildman–Crippen LogP) is 3.19. The Morgan fingerprint density at radius 2 is 1.93 bits per heavy atom. The number of hydrogen-bond acceptors (Lipinski definition) is 5. The molecule has 162 valence electrons. The maximum atomic E-state index is 13.2. The molecule has 2 aliphatic heterocycles. The van der Waals surface area contributed by atoms with E-state index in [1.165, 1.54) is 26.9 Å².